The first kappa shape index (κ1) is 11.7. The maximum atomic E-state index is 11.6. The Morgan fingerprint density at radius 3 is 2.50 bits per heavy atom. The minimum atomic E-state index is -0.0226. The zero-order valence-corrected chi connectivity index (χ0v) is 10.2. The van der Waals surface area contributed by atoms with Crippen LogP contribution in [0.2, 0.25) is 0 Å². The molecule has 1 aliphatic carbocycles. The first-order valence-corrected chi connectivity index (χ1v) is 6.27. The minimum absolute atomic E-state index is 0.0226. The highest BCUT2D eigenvalue weighted by Crippen LogP contribution is 2.48. The van der Waals surface area contributed by atoms with Crippen molar-refractivity contribution in [2.45, 2.75) is 51.6 Å². The number of urea groups is 1. The molecule has 1 saturated carbocycles. The lowest BCUT2D eigenvalue weighted by molar-refractivity contribution is -0.0511. The van der Waals surface area contributed by atoms with Crippen molar-refractivity contribution in [2.75, 3.05) is 13.2 Å². The summed E-state index contributed by atoms with van der Waals surface area (Å²) in [5.41, 5.74) is 0.340. The lowest BCUT2D eigenvalue weighted by atomic mass is 9.60. The molecule has 1 spiro atoms. The number of nitrogens with one attached hydrogen (secondary N) is 2. The summed E-state index contributed by atoms with van der Waals surface area (Å²) in [6, 6.07) is 0.534. The van der Waals surface area contributed by atoms with Gasteiger partial charge >= 0.3 is 6.03 Å². The third-order valence-corrected chi connectivity index (χ3v) is 3.88. The van der Waals surface area contributed by atoms with Crippen LogP contribution in [0.4, 0.5) is 4.79 Å². The lowest BCUT2D eigenvalue weighted by Gasteiger charge is -2.52. The minimum Gasteiger partial charge on any atom is -0.381 e. The van der Waals surface area contributed by atoms with Crippen LogP contribution in [0.3, 0.4) is 0 Å². The highest BCUT2D eigenvalue weighted by molar-refractivity contribution is 5.74. The molecule has 1 heterocycles. The quantitative estimate of drug-likeness (QED) is 0.752. The number of carbonyl (C=O) groups excluding carboxylic acids is 1. The largest absolute Gasteiger partial charge is 0.381 e. The fourth-order valence-corrected chi connectivity index (χ4v) is 2.76. The Hall–Kier alpha value is -0.770. The molecule has 4 nitrogen and oxygen atoms in total. The SMILES string of the molecule is CC(C)NC(=O)NC1CCC12CCOCC2. The average molecular weight is 226 g/mol. The molecule has 4 heteroatoms. The van der Waals surface area contributed by atoms with Gasteiger partial charge in [-0.1, -0.05) is 0 Å². The molecule has 2 rings (SSSR count). The molecular weight excluding hydrogens is 204 g/mol. The fraction of sp³-hybridized carbons (Fsp3) is 0.917. The van der Waals surface area contributed by atoms with Crippen molar-refractivity contribution in [1.29, 1.82) is 0 Å². The van der Waals surface area contributed by atoms with Gasteiger partial charge in [-0.3, -0.25) is 0 Å². The van der Waals surface area contributed by atoms with Gasteiger partial charge in [0.15, 0.2) is 0 Å². The number of hydrogen-bond donors (Lipinski definition) is 2. The van der Waals surface area contributed by atoms with Crippen molar-refractivity contribution >= 4 is 6.03 Å². The molecule has 0 aromatic carbocycles. The van der Waals surface area contributed by atoms with Crippen LogP contribution in [0.15, 0.2) is 0 Å². The summed E-state index contributed by atoms with van der Waals surface area (Å²) in [5, 5.41) is 5.99. The van der Waals surface area contributed by atoms with Gasteiger partial charge in [-0.25, -0.2) is 4.79 Å². The van der Waals surface area contributed by atoms with Crippen LogP contribution in [0, 0.1) is 5.41 Å². The van der Waals surface area contributed by atoms with Crippen LogP contribution < -0.4 is 10.6 Å². The van der Waals surface area contributed by atoms with Gasteiger partial charge in [-0.2, -0.15) is 0 Å². The van der Waals surface area contributed by atoms with Crippen LogP contribution in [0.25, 0.3) is 0 Å². The second kappa shape index (κ2) is 4.62. The van der Waals surface area contributed by atoms with Crippen LogP contribution in [-0.2, 0) is 4.74 Å². The molecule has 2 fully saturated rings. The molecule has 1 aliphatic heterocycles. The van der Waals surface area contributed by atoms with Gasteiger partial charge in [-0.15, -0.1) is 0 Å². The average Bonchev–Trinajstić information content (AvgIpc) is 2.25. The predicted molar refractivity (Wildman–Crippen MR) is 62.3 cm³/mol. The second-order valence-corrected chi connectivity index (χ2v) is 5.34. The van der Waals surface area contributed by atoms with E-state index >= 15 is 0 Å². The summed E-state index contributed by atoms with van der Waals surface area (Å²) in [6.45, 7) is 5.66. The summed E-state index contributed by atoms with van der Waals surface area (Å²) in [4.78, 5) is 11.6. The van der Waals surface area contributed by atoms with Crippen molar-refractivity contribution in [3.05, 3.63) is 0 Å². The van der Waals surface area contributed by atoms with Crippen LogP contribution in [0.1, 0.15) is 39.5 Å². The molecule has 92 valence electrons. The van der Waals surface area contributed by atoms with Gasteiger partial charge in [0.1, 0.15) is 0 Å². The van der Waals surface area contributed by atoms with Crippen molar-refractivity contribution in [3.8, 4) is 0 Å². The van der Waals surface area contributed by atoms with Gasteiger partial charge < -0.3 is 15.4 Å². The molecule has 0 radical (unpaired) electrons. The number of hydrogen-bond acceptors (Lipinski definition) is 2. The summed E-state index contributed by atoms with van der Waals surface area (Å²) < 4.78 is 5.39. The summed E-state index contributed by atoms with van der Waals surface area (Å²) in [5.74, 6) is 0. The molecule has 2 aliphatic rings. The van der Waals surface area contributed by atoms with E-state index in [1.54, 1.807) is 0 Å². The molecule has 0 aromatic heterocycles. The Morgan fingerprint density at radius 1 is 1.31 bits per heavy atom. The number of amides is 2. The Bertz CT molecular complexity index is 260. The topological polar surface area (TPSA) is 50.4 Å². The zero-order valence-electron chi connectivity index (χ0n) is 10.2. The Kier molecular flexibility index (Phi) is 3.38. The number of rotatable bonds is 2. The maximum absolute atomic E-state index is 11.6. The number of carbonyl (C=O) groups is 1. The maximum Gasteiger partial charge on any atom is 0.315 e. The van der Waals surface area contributed by atoms with Crippen molar-refractivity contribution in [1.82, 2.24) is 10.6 Å². The molecule has 2 amide bonds. The van der Waals surface area contributed by atoms with Crippen LogP contribution in [0.5, 0.6) is 0 Å². The lowest BCUT2D eigenvalue weighted by Crippen LogP contribution is -2.59. The van der Waals surface area contributed by atoms with Gasteiger partial charge in [0.25, 0.3) is 0 Å². The van der Waals surface area contributed by atoms with E-state index in [1.807, 2.05) is 13.8 Å². The summed E-state index contributed by atoms with van der Waals surface area (Å²) >= 11 is 0. The molecule has 0 bridgehead atoms. The van der Waals surface area contributed by atoms with E-state index in [0.29, 0.717) is 11.5 Å². The van der Waals surface area contributed by atoms with Gasteiger partial charge in [-0.05, 0) is 44.9 Å². The number of ether oxygens (including phenoxy) is 1. The second-order valence-electron chi connectivity index (χ2n) is 5.34. The van der Waals surface area contributed by atoms with Crippen LogP contribution in [-0.4, -0.2) is 31.3 Å². The van der Waals surface area contributed by atoms with E-state index in [-0.39, 0.29) is 12.1 Å². The third-order valence-electron chi connectivity index (χ3n) is 3.88. The highest BCUT2D eigenvalue weighted by Gasteiger charge is 2.47. The predicted octanol–water partition coefficient (Wildman–Crippen LogP) is 1.65. The Labute approximate surface area is 97.1 Å². The molecule has 1 atom stereocenters. The first-order chi connectivity index (χ1) is 7.62. The standard InChI is InChI=1S/C12H22N2O2/c1-9(2)13-11(15)14-10-3-4-12(10)5-7-16-8-6-12/h9-10H,3-8H2,1-2H3,(H2,13,14,15). The normalized spacial score (nSPS) is 27.6. The summed E-state index contributed by atoms with van der Waals surface area (Å²) in [7, 11) is 0. The van der Waals surface area contributed by atoms with E-state index in [4.69, 9.17) is 4.74 Å². The van der Waals surface area contributed by atoms with E-state index < -0.39 is 0 Å². The molecular formula is C12H22N2O2. The first-order valence-electron chi connectivity index (χ1n) is 6.27. The third kappa shape index (κ3) is 2.32. The van der Waals surface area contributed by atoms with E-state index in [2.05, 4.69) is 10.6 Å². The molecule has 16 heavy (non-hydrogen) atoms. The Morgan fingerprint density at radius 2 is 2.00 bits per heavy atom. The highest BCUT2D eigenvalue weighted by atomic mass is 16.5. The van der Waals surface area contributed by atoms with Crippen molar-refractivity contribution in [3.63, 3.8) is 0 Å². The van der Waals surface area contributed by atoms with E-state index in [1.165, 1.54) is 6.42 Å². The van der Waals surface area contributed by atoms with Crippen molar-refractivity contribution < 1.29 is 9.53 Å². The van der Waals surface area contributed by atoms with Crippen LogP contribution >= 0.6 is 0 Å². The zero-order chi connectivity index (χ0) is 11.6. The monoisotopic (exact) mass is 226 g/mol. The molecule has 2 N–H and O–H groups in total. The van der Waals surface area contributed by atoms with E-state index in [9.17, 15) is 4.79 Å². The molecule has 1 saturated heterocycles. The smallest absolute Gasteiger partial charge is 0.315 e. The molecule has 1 unspecified atom stereocenters. The fourth-order valence-electron chi connectivity index (χ4n) is 2.76. The van der Waals surface area contributed by atoms with Gasteiger partial charge in [0, 0.05) is 25.3 Å². The van der Waals surface area contributed by atoms with Gasteiger partial charge in [0.2, 0.25) is 0 Å². The Balaban J connectivity index is 1.83. The van der Waals surface area contributed by atoms with Crippen molar-refractivity contribution in [2.24, 2.45) is 5.41 Å². The summed E-state index contributed by atoms with van der Waals surface area (Å²) in [6.07, 6.45) is 4.55. The van der Waals surface area contributed by atoms with Gasteiger partial charge in [0.05, 0.1) is 0 Å². The molecule has 0 aromatic rings. The van der Waals surface area contributed by atoms with E-state index in [0.717, 1.165) is 32.5 Å².